The lowest BCUT2D eigenvalue weighted by Gasteiger charge is -2.14. The molecule has 0 bridgehead atoms. The number of rotatable bonds is 5. The van der Waals surface area contributed by atoms with Gasteiger partial charge >= 0.3 is 18.0 Å². The van der Waals surface area contributed by atoms with E-state index in [2.05, 4.69) is 15.4 Å². The quantitative estimate of drug-likeness (QED) is 0.713. The number of aryl methyl sites for hydroxylation is 2. The first-order valence-corrected chi connectivity index (χ1v) is 6.28. The molecular weight excluding hydrogens is 276 g/mol. The number of carboxylic acid groups (broad SMARTS) is 1. The van der Waals surface area contributed by atoms with Gasteiger partial charge in [0.15, 0.2) is 0 Å². The summed E-state index contributed by atoms with van der Waals surface area (Å²) >= 11 is 0. The second-order valence-corrected chi connectivity index (χ2v) is 4.57. The molecule has 0 aliphatic heterocycles. The first kappa shape index (κ1) is 16.5. The summed E-state index contributed by atoms with van der Waals surface area (Å²) < 4.78 is 4.39. The number of urea groups is 1. The second kappa shape index (κ2) is 7.28. The van der Waals surface area contributed by atoms with Crippen LogP contribution in [0.2, 0.25) is 0 Å². The van der Waals surface area contributed by atoms with Gasteiger partial charge in [-0.15, -0.1) is 0 Å². The molecule has 0 spiro atoms. The summed E-state index contributed by atoms with van der Waals surface area (Å²) in [5.41, 5.74) is 2.62. The SMILES string of the molecule is COC(=O)C[C@H](NC(=O)Nc1ccc(C)c(C)c1)C(=O)O. The van der Waals surface area contributed by atoms with Gasteiger partial charge in [0.25, 0.3) is 0 Å². The standard InChI is InChI=1S/C14H18N2O5/c1-8-4-5-10(6-9(8)2)15-14(20)16-11(13(18)19)7-12(17)21-3/h4-6,11H,7H2,1-3H3,(H,18,19)(H2,15,16,20)/t11-/m0/s1. The number of nitrogens with one attached hydrogen (secondary N) is 2. The van der Waals surface area contributed by atoms with E-state index in [1.54, 1.807) is 12.1 Å². The van der Waals surface area contributed by atoms with E-state index in [-0.39, 0.29) is 0 Å². The highest BCUT2D eigenvalue weighted by atomic mass is 16.5. The van der Waals surface area contributed by atoms with Crippen LogP contribution in [0.25, 0.3) is 0 Å². The zero-order chi connectivity index (χ0) is 16.0. The van der Waals surface area contributed by atoms with Crippen LogP contribution in [0.3, 0.4) is 0 Å². The van der Waals surface area contributed by atoms with Gasteiger partial charge in [-0.3, -0.25) is 4.79 Å². The Labute approximate surface area is 122 Å². The van der Waals surface area contributed by atoms with Crippen molar-refractivity contribution in [2.75, 3.05) is 12.4 Å². The molecule has 0 saturated carbocycles. The van der Waals surface area contributed by atoms with E-state index in [0.717, 1.165) is 18.2 Å². The monoisotopic (exact) mass is 294 g/mol. The number of esters is 1. The molecule has 3 N–H and O–H groups in total. The lowest BCUT2D eigenvalue weighted by molar-refractivity contribution is -0.147. The van der Waals surface area contributed by atoms with Crippen molar-refractivity contribution in [1.29, 1.82) is 0 Å². The minimum Gasteiger partial charge on any atom is -0.480 e. The molecule has 21 heavy (non-hydrogen) atoms. The molecule has 2 amide bonds. The fourth-order valence-corrected chi connectivity index (χ4v) is 1.59. The summed E-state index contributed by atoms with van der Waals surface area (Å²) in [7, 11) is 1.15. The first-order chi connectivity index (χ1) is 9.83. The smallest absolute Gasteiger partial charge is 0.326 e. The van der Waals surface area contributed by atoms with Gasteiger partial charge in [0, 0.05) is 5.69 Å². The molecule has 0 aromatic heterocycles. The van der Waals surface area contributed by atoms with Crippen LogP contribution in [0.15, 0.2) is 18.2 Å². The average molecular weight is 294 g/mol. The molecule has 1 atom stereocenters. The van der Waals surface area contributed by atoms with Gasteiger partial charge in [-0.05, 0) is 37.1 Å². The van der Waals surface area contributed by atoms with Gasteiger partial charge < -0.3 is 20.5 Å². The molecule has 114 valence electrons. The maximum absolute atomic E-state index is 11.8. The predicted molar refractivity (Wildman–Crippen MR) is 76.1 cm³/mol. The number of amides is 2. The van der Waals surface area contributed by atoms with Gasteiger partial charge in [-0.25, -0.2) is 9.59 Å². The van der Waals surface area contributed by atoms with Crippen molar-refractivity contribution in [3.8, 4) is 0 Å². The molecule has 0 aliphatic carbocycles. The highest BCUT2D eigenvalue weighted by Gasteiger charge is 2.23. The summed E-state index contributed by atoms with van der Waals surface area (Å²) in [5, 5.41) is 13.7. The Morgan fingerprint density at radius 2 is 1.90 bits per heavy atom. The van der Waals surface area contributed by atoms with Crippen LogP contribution in [-0.4, -0.2) is 36.2 Å². The number of hydrogen-bond acceptors (Lipinski definition) is 4. The number of carbonyl (C=O) groups excluding carboxylic acids is 2. The summed E-state index contributed by atoms with van der Waals surface area (Å²) in [5.74, 6) is -2.02. The Morgan fingerprint density at radius 3 is 2.43 bits per heavy atom. The van der Waals surface area contributed by atoms with Crippen LogP contribution in [-0.2, 0) is 14.3 Å². The third-order valence-corrected chi connectivity index (χ3v) is 2.97. The maximum Gasteiger partial charge on any atom is 0.326 e. The van der Waals surface area contributed by atoms with Crippen molar-refractivity contribution in [2.45, 2.75) is 26.3 Å². The molecule has 1 rings (SSSR count). The highest BCUT2D eigenvalue weighted by Crippen LogP contribution is 2.14. The summed E-state index contributed by atoms with van der Waals surface area (Å²) in [4.78, 5) is 33.8. The van der Waals surface area contributed by atoms with Gasteiger partial charge in [-0.1, -0.05) is 6.07 Å². The van der Waals surface area contributed by atoms with E-state index in [4.69, 9.17) is 5.11 Å². The molecule has 7 nitrogen and oxygen atoms in total. The third-order valence-electron chi connectivity index (χ3n) is 2.97. The van der Waals surface area contributed by atoms with E-state index >= 15 is 0 Å². The predicted octanol–water partition coefficient (Wildman–Crippen LogP) is 1.44. The molecular formula is C14H18N2O5. The van der Waals surface area contributed by atoms with E-state index in [1.165, 1.54) is 0 Å². The van der Waals surface area contributed by atoms with Crippen LogP contribution in [0, 0.1) is 13.8 Å². The van der Waals surface area contributed by atoms with Crippen molar-refractivity contribution in [3.63, 3.8) is 0 Å². The van der Waals surface area contributed by atoms with Crippen LogP contribution in [0.1, 0.15) is 17.5 Å². The second-order valence-electron chi connectivity index (χ2n) is 4.57. The normalized spacial score (nSPS) is 11.4. The Hall–Kier alpha value is -2.57. The number of benzene rings is 1. The zero-order valence-corrected chi connectivity index (χ0v) is 12.1. The van der Waals surface area contributed by atoms with Crippen molar-refractivity contribution in [3.05, 3.63) is 29.3 Å². The summed E-state index contributed by atoms with van der Waals surface area (Å²) in [6.45, 7) is 3.84. The fourth-order valence-electron chi connectivity index (χ4n) is 1.59. The Kier molecular flexibility index (Phi) is 5.71. The fraction of sp³-hybridized carbons (Fsp3) is 0.357. The van der Waals surface area contributed by atoms with Gasteiger partial charge in [0.2, 0.25) is 0 Å². The first-order valence-electron chi connectivity index (χ1n) is 6.28. The molecule has 1 aromatic carbocycles. The number of aliphatic carboxylic acids is 1. The summed E-state index contributed by atoms with van der Waals surface area (Å²) in [6.07, 6.45) is -0.438. The van der Waals surface area contributed by atoms with Crippen LogP contribution >= 0.6 is 0 Å². The molecule has 0 saturated heterocycles. The minimum atomic E-state index is -1.34. The number of carboxylic acids is 1. The number of hydrogen-bond donors (Lipinski definition) is 3. The Bertz CT molecular complexity index is 556. The number of ether oxygens (including phenoxy) is 1. The maximum atomic E-state index is 11.8. The topological polar surface area (TPSA) is 105 Å². The molecule has 0 radical (unpaired) electrons. The lowest BCUT2D eigenvalue weighted by Crippen LogP contribution is -2.44. The van der Waals surface area contributed by atoms with Crippen molar-refractivity contribution in [1.82, 2.24) is 5.32 Å². The molecule has 1 aromatic rings. The van der Waals surface area contributed by atoms with Crippen LogP contribution < -0.4 is 10.6 Å². The van der Waals surface area contributed by atoms with E-state index in [1.807, 2.05) is 19.9 Å². The van der Waals surface area contributed by atoms with Gasteiger partial charge in [0.05, 0.1) is 13.5 Å². The van der Waals surface area contributed by atoms with E-state index < -0.39 is 30.4 Å². The third kappa shape index (κ3) is 5.13. The Balaban J connectivity index is 2.67. The van der Waals surface area contributed by atoms with E-state index in [9.17, 15) is 14.4 Å². The lowest BCUT2D eigenvalue weighted by atomic mass is 10.1. The minimum absolute atomic E-state index is 0.438. The van der Waals surface area contributed by atoms with Crippen molar-refractivity contribution < 1.29 is 24.2 Å². The molecule has 0 fully saturated rings. The molecule has 0 aliphatic rings. The van der Waals surface area contributed by atoms with Crippen molar-refractivity contribution >= 4 is 23.7 Å². The van der Waals surface area contributed by atoms with E-state index in [0.29, 0.717) is 5.69 Å². The largest absolute Gasteiger partial charge is 0.480 e. The highest BCUT2D eigenvalue weighted by molar-refractivity contribution is 5.93. The molecule has 0 unspecified atom stereocenters. The van der Waals surface area contributed by atoms with Crippen LogP contribution in [0.4, 0.5) is 10.5 Å². The number of carbonyl (C=O) groups is 3. The number of methoxy groups -OCH3 is 1. The summed E-state index contributed by atoms with van der Waals surface area (Å²) in [6, 6.07) is 3.27. The van der Waals surface area contributed by atoms with Gasteiger partial charge in [-0.2, -0.15) is 0 Å². The zero-order valence-electron chi connectivity index (χ0n) is 12.1. The molecule has 0 heterocycles. The van der Waals surface area contributed by atoms with Crippen molar-refractivity contribution in [2.24, 2.45) is 0 Å². The molecule has 7 heteroatoms. The van der Waals surface area contributed by atoms with Crippen LogP contribution in [0.5, 0.6) is 0 Å². The van der Waals surface area contributed by atoms with Gasteiger partial charge in [0.1, 0.15) is 6.04 Å². The average Bonchev–Trinajstić information content (AvgIpc) is 2.41. The Morgan fingerprint density at radius 1 is 1.24 bits per heavy atom. The number of anilines is 1.